The molecule has 0 aromatic heterocycles. The van der Waals surface area contributed by atoms with Crippen LogP contribution in [0, 0.1) is 11.6 Å². The molecule has 0 radical (unpaired) electrons. The topological polar surface area (TPSA) is 73.9 Å². The standard InChI is InChI=1S/C19H19F2NO5S/c1-11(19(24)22-13-5-7-15(25-2)16(9-13)26-3)27-18(23)10-28-17-8-12(20)4-6-14(17)21/h4-9,11H,10H2,1-3H3,(H,22,24)/t11-/m1/s1. The second kappa shape index (κ2) is 9.93. The molecule has 2 aromatic rings. The summed E-state index contributed by atoms with van der Waals surface area (Å²) < 4.78 is 42.0. The van der Waals surface area contributed by atoms with Gasteiger partial charge in [-0.05, 0) is 37.3 Å². The zero-order valence-corrected chi connectivity index (χ0v) is 16.3. The number of esters is 1. The van der Waals surface area contributed by atoms with Crippen LogP contribution in [0.5, 0.6) is 11.5 Å². The van der Waals surface area contributed by atoms with Crippen LogP contribution in [0.4, 0.5) is 14.5 Å². The minimum absolute atomic E-state index is 0.0145. The van der Waals surface area contributed by atoms with E-state index in [0.29, 0.717) is 17.2 Å². The average Bonchev–Trinajstić information content (AvgIpc) is 2.68. The summed E-state index contributed by atoms with van der Waals surface area (Å²) in [6, 6.07) is 7.74. The number of nitrogens with one attached hydrogen (secondary N) is 1. The van der Waals surface area contributed by atoms with Crippen LogP contribution < -0.4 is 14.8 Å². The van der Waals surface area contributed by atoms with Crippen molar-refractivity contribution in [3.63, 3.8) is 0 Å². The number of hydrogen-bond donors (Lipinski definition) is 1. The third-order valence-electron chi connectivity index (χ3n) is 3.57. The maximum Gasteiger partial charge on any atom is 0.317 e. The van der Waals surface area contributed by atoms with Gasteiger partial charge >= 0.3 is 5.97 Å². The SMILES string of the molecule is COc1ccc(NC(=O)[C@@H](C)OC(=O)CSc2cc(F)ccc2F)cc1OC. The number of carbonyl (C=O) groups excluding carboxylic acids is 2. The molecule has 9 heteroatoms. The molecule has 2 rings (SSSR count). The molecule has 0 spiro atoms. The van der Waals surface area contributed by atoms with E-state index in [1.807, 2.05) is 0 Å². The molecule has 28 heavy (non-hydrogen) atoms. The van der Waals surface area contributed by atoms with Gasteiger partial charge in [-0.2, -0.15) is 0 Å². The highest BCUT2D eigenvalue weighted by Gasteiger charge is 2.19. The summed E-state index contributed by atoms with van der Waals surface area (Å²) >= 11 is 0.784. The van der Waals surface area contributed by atoms with E-state index in [-0.39, 0.29) is 10.6 Å². The summed E-state index contributed by atoms with van der Waals surface area (Å²) in [6.07, 6.45) is -1.08. The Labute approximate surface area is 165 Å². The smallest absolute Gasteiger partial charge is 0.317 e. The highest BCUT2D eigenvalue weighted by Crippen LogP contribution is 2.29. The predicted octanol–water partition coefficient (Wildman–Crippen LogP) is 3.64. The van der Waals surface area contributed by atoms with E-state index in [0.717, 1.165) is 30.0 Å². The maximum atomic E-state index is 13.5. The Kier molecular flexibility index (Phi) is 7.62. The number of benzene rings is 2. The largest absolute Gasteiger partial charge is 0.493 e. The highest BCUT2D eigenvalue weighted by molar-refractivity contribution is 8.00. The third-order valence-corrected chi connectivity index (χ3v) is 4.57. The Morgan fingerprint density at radius 3 is 2.46 bits per heavy atom. The summed E-state index contributed by atoms with van der Waals surface area (Å²) in [5.41, 5.74) is 0.432. The quantitative estimate of drug-likeness (QED) is 0.528. The molecule has 1 N–H and O–H groups in total. The molecule has 150 valence electrons. The number of ether oxygens (including phenoxy) is 3. The van der Waals surface area contributed by atoms with Crippen LogP contribution in [0.15, 0.2) is 41.3 Å². The van der Waals surface area contributed by atoms with Crippen molar-refractivity contribution >= 4 is 29.3 Å². The van der Waals surface area contributed by atoms with Crippen molar-refractivity contribution in [3.8, 4) is 11.5 Å². The fraction of sp³-hybridized carbons (Fsp3) is 0.263. The number of halogens is 2. The summed E-state index contributed by atoms with van der Waals surface area (Å²) in [5, 5.41) is 2.60. The van der Waals surface area contributed by atoms with E-state index in [4.69, 9.17) is 14.2 Å². The average molecular weight is 411 g/mol. The Balaban J connectivity index is 1.89. The first kappa shape index (κ1) is 21.5. The lowest BCUT2D eigenvalue weighted by Gasteiger charge is -2.15. The van der Waals surface area contributed by atoms with Crippen LogP contribution >= 0.6 is 11.8 Å². The van der Waals surface area contributed by atoms with Gasteiger partial charge in [0.25, 0.3) is 5.91 Å². The third kappa shape index (κ3) is 5.85. The van der Waals surface area contributed by atoms with Gasteiger partial charge in [0.05, 0.1) is 20.0 Å². The molecule has 2 aromatic carbocycles. The van der Waals surface area contributed by atoms with Crippen molar-refractivity contribution in [1.82, 2.24) is 0 Å². The molecule has 0 bridgehead atoms. The van der Waals surface area contributed by atoms with E-state index in [1.165, 1.54) is 21.1 Å². The van der Waals surface area contributed by atoms with Gasteiger partial charge < -0.3 is 19.5 Å². The molecule has 1 atom stereocenters. The van der Waals surface area contributed by atoms with E-state index >= 15 is 0 Å². The molecule has 0 saturated heterocycles. The van der Waals surface area contributed by atoms with Crippen LogP contribution in [0.2, 0.25) is 0 Å². The normalized spacial score (nSPS) is 11.5. The molecule has 0 unspecified atom stereocenters. The monoisotopic (exact) mass is 411 g/mol. The maximum absolute atomic E-state index is 13.5. The van der Waals surface area contributed by atoms with Crippen molar-refractivity contribution in [1.29, 1.82) is 0 Å². The number of carbonyl (C=O) groups is 2. The first-order valence-electron chi connectivity index (χ1n) is 8.14. The molecule has 1 amide bonds. The summed E-state index contributed by atoms with van der Waals surface area (Å²) in [6.45, 7) is 1.40. The molecule has 0 heterocycles. The molecule has 0 fully saturated rings. The van der Waals surface area contributed by atoms with Gasteiger partial charge in [0, 0.05) is 16.6 Å². The molecular weight excluding hydrogens is 392 g/mol. The molecule has 6 nitrogen and oxygen atoms in total. The second-order valence-corrected chi connectivity index (χ2v) is 6.57. The van der Waals surface area contributed by atoms with Crippen LogP contribution in [-0.4, -0.2) is 38.0 Å². The zero-order valence-electron chi connectivity index (χ0n) is 15.5. The predicted molar refractivity (Wildman–Crippen MR) is 101 cm³/mol. The number of rotatable bonds is 8. The fourth-order valence-electron chi connectivity index (χ4n) is 2.17. The van der Waals surface area contributed by atoms with Gasteiger partial charge in [0.2, 0.25) is 0 Å². The van der Waals surface area contributed by atoms with E-state index in [2.05, 4.69) is 5.32 Å². The van der Waals surface area contributed by atoms with E-state index in [1.54, 1.807) is 18.2 Å². The van der Waals surface area contributed by atoms with E-state index < -0.39 is 29.6 Å². The minimum atomic E-state index is -1.08. The van der Waals surface area contributed by atoms with Gasteiger partial charge in [0.15, 0.2) is 17.6 Å². The Hall–Kier alpha value is -2.81. The molecule has 0 aliphatic rings. The van der Waals surface area contributed by atoms with Crippen molar-refractivity contribution in [2.75, 3.05) is 25.3 Å². The Morgan fingerprint density at radius 1 is 1.07 bits per heavy atom. The van der Waals surface area contributed by atoms with Crippen LogP contribution in [0.25, 0.3) is 0 Å². The van der Waals surface area contributed by atoms with Gasteiger partial charge in [0.1, 0.15) is 11.6 Å². The van der Waals surface area contributed by atoms with Crippen molar-refractivity contribution < 1.29 is 32.6 Å². The lowest BCUT2D eigenvalue weighted by Crippen LogP contribution is -2.30. The number of amides is 1. The molecule has 0 saturated carbocycles. The first-order valence-corrected chi connectivity index (χ1v) is 9.12. The van der Waals surface area contributed by atoms with Crippen molar-refractivity contribution in [3.05, 3.63) is 48.0 Å². The van der Waals surface area contributed by atoms with Gasteiger partial charge in [-0.25, -0.2) is 8.78 Å². The number of anilines is 1. The summed E-state index contributed by atoms with van der Waals surface area (Å²) in [7, 11) is 2.96. The second-order valence-electron chi connectivity index (χ2n) is 5.55. The van der Waals surface area contributed by atoms with Gasteiger partial charge in [-0.1, -0.05) is 0 Å². The van der Waals surface area contributed by atoms with Gasteiger partial charge in [-0.3, -0.25) is 9.59 Å². The Morgan fingerprint density at radius 2 is 1.79 bits per heavy atom. The summed E-state index contributed by atoms with van der Waals surface area (Å²) in [4.78, 5) is 24.1. The molecular formula is C19H19F2NO5S. The van der Waals surface area contributed by atoms with Crippen LogP contribution in [0.1, 0.15) is 6.92 Å². The van der Waals surface area contributed by atoms with Gasteiger partial charge in [-0.15, -0.1) is 11.8 Å². The number of hydrogen-bond acceptors (Lipinski definition) is 6. The highest BCUT2D eigenvalue weighted by atomic mass is 32.2. The van der Waals surface area contributed by atoms with Crippen molar-refractivity contribution in [2.24, 2.45) is 0 Å². The molecule has 0 aliphatic carbocycles. The lowest BCUT2D eigenvalue weighted by atomic mass is 10.2. The first-order chi connectivity index (χ1) is 13.3. The lowest BCUT2D eigenvalue weighted by molar-refractivity contribution is -0.150. The fourth-order valence-corrected chi connectivity index (χ4v) is 2.91. The molecule has 0 aliphatic heterocycles. The Bertz CT molecular complexity index is 862. The van der Waals surface area contributed by atoms with Crippen molar-refractivity contribution in [2.45, 2.75) is 17.9 Å². The van der Waals surface area contributed by atoms with Crippen LogP contribution in [0.3, 0.4) is 0 Å². The van der Waals surface area contributed by atoms with Crippen LogP contribution in [-0.2, 0) is 14.3 Å². The number of thioether (sulfide) groups is 1. The number of methoxy groups -OCH3 is 2. The zero-order chi connectivity index (χ0) is 20.7. The van der Waals surface area contributed by atoms with E-state index in [9.17, 15) is 18.4 Å². The minimum Gasteiger partial charge on any atom is -0.493 e. The summed E-state index contributed by atoms with van der Waals surface area (Å²) in [5.74, 6) is -1.88.